The molecule has 174 valence electrons. The first-order chi connectivity index (χ1) is 15.8. The fourth-order valence-electron chi connectivity index (χ4n) is 5.48. The molecule has 2 aromatic carbocycles. The Balaban J connectivity index is 1.46. The first-order valence-electron chi connectivity index (χ1n) is 11.5. The quantitative estimate of drug-likeness (QED) is 0.509. The van der Waals surface area contributed by atoms with Crippen LogP contribution in [0.1, 0.15) is 43.0 Å². The van der Waals surface area contributed by atoms with Crippen LogP contribution in [0.2, 0.25) is 15.1 Å². The first-order valence-corrected chi connectivity index (χ1v) is 12.6. The molecule has 5 rings (SSSR count). The summed E-state index contributed by atoms with van der Waals surface area (Å²) < 4.78 is 0. The molecule has 0 aromatic heterocycles. The predicted octanol–water partition coefficient (Wildman–Crippen LogP) is 5.90. The van der Waals surface area contributed by atoms with Crippen molar-refractivity contribution in [3.63, 3.8) is 0 Å². The number of benzene rings is 2. The van der Waals surface area contributed by atoms with Gasteiger partial charge in [-0.15, -0.1) is 0 Å². The van der Waals surface area contributed by atoms with E-state index in [4.69, 9.17) is 34.8 Å². The van der Waals surface area contributed by atoms with Gasteiger partial charge in [0, 0.05) is 31.2 Å². The minimum absolute atomic E-state index is 0.0395. The van der Waals surface area contributed by atoms with E-state index < -0.39 is 6.04 Å². The molecule has 0 spiro atoms. The largest absolute Gasteiger partial charge is 0.364 e. The van der Waals surface area contributed by atoms with Gasteiger partial charge in [0.05, 0.1) is 26.4 Å². The lowest BCUT2D eigenvalue weighted by atomic mass is 9.89. The van der Waals surface area contributed by atoms with Crippen LogP contribution in [-0.2, 0) is 4.79 Å². The summed E-state index contributed by atoms with van der Waals surface area (Å²) >= 11 is 18.8. The molecule has 3 heterocycles. The van der Waals surface area contributed by atoms with Gasteiger partial charge in [-0.05, 0) is 61.9 Å². The van der Waals surface area contributed by atoms with Crippen LogP contribution in [0.4, 0.5) is 11.4 Å². The maximum absolute atomic E-state index is 13.9. The fourth-order valence-corrected chi connectivity index (χ4v) is 6.06. The number of para-hydroxylation sites is 1. The minimum atomic E-state index is -0.508. The van der Waals surface area contributed by atoms with E-state index in [9.17, 15) is 9.59 Å². The molecular weight excluding hydrogens is 481 g/mol. The number of amides is 2. The third kappa shape index (κ3) is 4.09. The Bertz CT molecular complexity index is 1110. The number of rotatable bonds is 2. The highest BCUT2D eigenvalue weighted by Crippen LogP contribution is 2.44. The van der Waals surface area contributed by atoms with Gasteiger partial charge < -0.3 is 14.7 Å². The standard InChI is InChI=1S/C25H26Cl3N3O2/c1-15-9-11-29-17(12-15)14-31(21-5-2-4-19(27)23(21)29)25(33)22-6-3-10-30(22)24(32)16-7-8-18(26)20(28)13-16/h2,4-5,7-8,13,15,17,22H,3,6,9-12,14H2,1H3. The van der Waals surface area contributed by atoms with E-state index in [0.29, 0.717) is 46.1 Å². The number of fused-ring (bicyclic) bond motifs is 3. The summed E-state index contributed by atoms with van der Waals surface area (Å²) in [5.41, 5.74) is 2.22. The summed E-state index contributed by atoms with van der Waals surface area (Å²) in [7, 11) is 0. The van der Waals surface area contributed by atoms with Crippen LogP contribution in [0.25, 0.3) is 0 Å². The first kappa shape index (κ1) is 22.8. The summed E-state index contributed by atoms with van der Waals surface area (Å²) in [4.78, 5) is 33.1. The highest BCUT2D eigenvalue weighted by molar-refractivity contribution is 6.42. The molecule has 0 aliphatic carbocycles. The second-order valence-corrected chi connectivity index (χ2v) is 10.5. The molecule has 33 heavy (non-hydrogen) atoms. The fraction of sp³-hybridized carbons (Fsp3) is 0.440. The van der Waals surface area contributed by atoms with Crippen molar-refractivity contribution in [1.82, 2.24) is 4.90 Å². The third-order valence-electron chi connectivity index (χ3n) is 7.15. The number of piperidine rings is 1. The zero-order chi connectivity index (χ0) is 23.3. The van der Waals surface area contributed by atoms with Crippen molar-refractivity contribution in [2.75, 3.05) is 29.4 Å². The van der Waals surface area contributed by atoms with E-state index in [1.165, 1.54) is 0 Å². The Hall–Kier alpha value is -1.95. The van der Waals surface area contributed by atoms with Crippen molar-refractivity contribution < 1.29 is 9.59 Å². The molecule has 0 radical (unpaired) electrons. The van der Waals surface area contributed by atoms with E-state index in [0.717, 1.165) is 37.2 Å². The number of likely N-dealkylation sites (tertiary alicyclic amines) is 1. The molecule has 0 N–H and O–H groups in total. The zero-order valence-corrected chi connectivity index (χ0v) is 20.7. The van der Waals surface area contributed by atoms with Gasteiger partial charge in [-0.3, -0.25) is 9.59 Å². The van der Waals surface area contributed by atoms with Gasteiger partial charge >= 0.3 is 0 Å². The van der Waals surface area contributed by atoms with Crippen molar-refractivity contribution in [3.05, 3.63) is 57.0 Å². The molecule has 3 aliphatic rings. The number of hydrogen-bond acceptors (Lipinski definition) is 3. The smallest absolute Gasteiger partial charge is 0.254 e. The van der Waals surface area contributed by atoms with Gasteiger partial charge in [0.1, 0.15) is 6.04 Å². The highest BCUT2D eigenvalue weighted by Gasteiger charge is 2.43. The van der Waals surface area contributed by atoms with E-state index >= 15 is 0 Å². The highest BCUT2D eigenvalue weighted by atomic mass is 35.5. The van der Waals surface area contributed by atoms with Crippen LogP contribution in [0.15, 0.2) is 36.4 Å². The van der Waals surface area contributed by atoms with Crippen LogP contribution < -0.4 is 9.80 Å². The minimum Gasteiger partial charge on any atom is -0.364 e. The second kappa shape index (κ2) is 9.01. The van der Waals surface area contributed by atoms with Gasteiger partial charge in [0.15, 0.2) is 0 Å². The summed E-state index contributed by atoms with van der Waals surface area (Å²) in [5, 5.41) is 1.39. The van der Waals surface area contributed by atoms with E-state index in [-0.39, 0.29) is 17.9 Å². The van der Waals surface area contributed by atoms with Crippen LogP contribution in [0.3, 0.4) is 0 Å². The maximum Gasteiger partial charge on any atom is 0.254 e. The van der Waals surface area contributed by atoms with E-state index in [2.05, 4.69) is 11.8 Å². The van der Waals surface area contributed by atoms with E-state index in [1.54, 1.807) is 23.1 Å². The number of halogens is 3. The van der Waals surface area contributed by atoms with Gasteiger partial charge in [0.25, 0.3) is 5.91 Å². The molecule has 0 saturated carbocycles. The average molecular weight is 507 g/mol. The van der Waals surface area contributed by atoms with E-state index in [1.807, 2.05) is 23.1 Å². The molecule has 3 unspecified atom stereocenters. The van der Waals surface area contributed by atoms with Crippen molar-refractivity contribution in [2.24, 2.45) is 5.92 Å². The Kier molecular flexibility index (Phi) is 6.23. The van der Waals surface area contributed by atoms with Crippen LogP contribution in [0.5, 0.6) is 0 Å². The topological polar surface area (TPSA) is 43.9 Å². The van der Waals surface area contributed by atoms with Crippen molar-refractivity contribution >= 4 is 58.0 Å². The van der Waals surface area contributed by atoms with Gasteiger partial charge in [0.2, 0.25) is 5.91 Å². The molecule has 3 atom stereocenters. The molecule has 8 heteroatoms. The average Bonchev–Trinajstić information content (AvgIpc) is 3.29. The predicted molar refractivity (Wildman–Crippen MR) is 134 cm³/mol. The third-order valence-corrected chi connectivity index (χ3v) is 8.19. The number of nitrogens with zero attached hydrogens (tertiary/aromatic N) is 3. The second-order valence-electron chi connectivity index (χ2n) is 9.32. The van der Waals surface area contributed by atoms with Crippen LogP contribution in [-0.4, -0.2) is 48.4 Å². The van der Waals surface area contributed by atoms with Crippen molar-refractivity contribution in [1.29, 1.82) is 0 Å². The lowest BCUT2D eigenvalue weighted by molar-refractivity contribution is -0.122. The van der Waals surface area contributed by atoms with Crippen LogP contribution in [0, 0.1) is 5.92 Å². The molecule has 2 saturated heterocycles. The number of carbonyl (C=O) groups excluding carboxylic acids is 2. The molecule has 2 fully saturated rings. The molecular formula is C25H26Cl3N3O2. The molecule has 0 bridgehead atoms. The summed E-state index contributed by atoms with van der Waals surface area (Å²) in [6.07, 6.45) is 3.56. The molecule has 3 aliphatic heterocycles. The normalized spacial score (nSPS) is 24.5. The Labute approximate surface area is 209 Å². The Morgan fingerprint density at radius 1 is 0.970 bits per heavy atom. The van der Waals surface area contributed by atoms with Crippen molar-refractivity contribution in [3.8, 4) is 0 Å². The summed E-state index contributed by atoms with van der Waals surface area (Å²) in [5.74, 6) is 0.370. The Morgan fingerprint density at radius 3 is 2.58 bits per heavy atom. The maximum atomic E-state index is 13.9. The SMILES string of the molecule is CC1CCN2c3c(Cl)cccc3N(C(=O)C3CCCN3C(=O)c3ccc(Cl)c(Cl)c3)CC2C1. The molecule has 2 amide bonds. The van der Waals surface area contributed by atoms with Gasteiger partial charge in [-0.2, -0.15) is 0 Å². The van der Waals surface area contributed by atoms with Gasteiger partial charge in [-0.25, -0.2) is 0 Å². The summed E-state index contributed by atoms with van der Waals surface area (Å²) in [6.45, 7) is 4.36. The Morgan fingerprint density at radius 2 is 1.79 bits per heavy atom. The number of anilines is 2. The molecule has 2 aromatic rings. The number of hydrogen-bond donors (Lipinski definition) is 0. The monoisotopic (exact) mass is 505 g/mol. The zero-order valence-electron chi connectivity index (χ0n) is 18.4. The number of carbonyl (C=O) groups is 2. The molecule has 5 nitrogen and oxygen atoms in total. The van der Waals surface area contributed by atoms with Crippen molar-refractivity contribution in [2.45, 2.75) is 44.7 Å². The lowest BCUT2D eigenvalue weighted by Gasteiger charge is -2.48. The van der Waals surface area contributed by atoms with Crippen LogP contribution >= 0.6 is 34.8 Å². The lowest BCUT2D eigenvalue weighted by Crippen LogP contribution is -2.57. The summed E-state index contributed by atoms with van der Waals surface area (Å²) in [6, 6.07) is 10.3. The van der Waals surface area contributed by atoms with Gasteiger partial charge in [-0.1, -0.05) is 47.8 Å².